The molecular weight excluding hydrogens is 210 g/mol. The highest BCUT2D eigenvalue weighted by molar-refractivity contribution is 7.98. The third-order valence-electron chi connectivity index (χ3n) is 2.15. The van der Waals surface area contributed by atoms with E-state index in [1.165, 1.54) is 0 Å². The van der Waals surface area contributed by atoms with Crippen molar-refractivity contribution in [1.29, 1.82) is 0 Å². The summed E-state index contributed by atoms with van der Waals surface area (Å²) in [5, 5.41) is 2.91. The molecule has 0 aromatic carbocycles. The highest BCUT2D eigenvalue weighted by Gasteiger charge is 2.21. The lowest BCUT2D eigenvalue weighted by Crippen LogP contribution is -2.40. The van der Waals surface area contributed by atoms with Gasteiger partial charge in [-0.2, -0.15) is 11.8 Å². The van der Waals surface area contributed by atoms with Crippen LogP contribution in [0.2, 0.25) is 0 Å². The van der Waals surface area contributed by atoms with Gasteiger partial charge in [-0.15, -0.1) is 0 Å². The van der Waals surface area contributed by atoms with Crippen molar-refractivity contribution in [1.82, 2.24) is 5.32 Å². The van der Waals surface area contributed by atoms with E-state index in [1.54, 1.807) is 18.9 Å². The molecular formula is C11H23NO2S. The van der Waals surface area contributed by atoms with Crippen LogP contribution in [0.3, 0.4) is 0 Å². The first kappa shape index (κ1) is 14.8. The molecule has 0 aromatic heterocycles. The van der Waals surface area contributed by atoms with Gasteiger partial charge in [0.2, 0.25) is 5.91 Å². The summed E-state index contributed by atoms with van der Waals surface area (Å²) < 4.78 is 5.29. The first-order valence-electron chi connectivity index (χ1n) is 5.22. The number of nitrogens with one attached hydrogen (secondary N) is 1. The molecule has 1 amide bonds. The van der Waals surface area contributed by atoms with E-state index < -0.39 is 0 Å². The quantitative estimate of drug-likeness (QED) is 0.761. The standard InChI is InChI=1S/C11H23NO2S/c1-11(2,3)10(13)12-8-9(14-4)6-7-15-5/h9H,6-8H2,1-5H3,(H,12,13). The van der Waals surface area contributed by atoms with Crippen molar-refractivity contribution in [3.63, 3.8) is 0 Å². The fourth-order valence-corrected chi connectivity index (χ4v) is 1.52. The van der Waals surface area contributed by atoms with Gasteiger partial charge in [-0.25, -0.2) is 0 Å². The SMILES string of the molecule is COC(CCSC)CNC(=O)C(C)(C)C. The van der Waals surface area contributed by atoms with Gasteiger partial charge in [-0.3, -0.25) is 4.79 Å². The lowest BCUT2D eigenvalue weighted by molar-refractivity contribution is -0.129. The van der Waals surface area contributed by atoms with E-state index in [4.69, 9.17) is 4.74 Å². The van der Waals surface area contributed by atoms with Crippen molar-refractivity contribution in [2.24, 2.45) is 5.41 Å². The third kappa shape index (κ3) is 6.79. The fraction of sp³-hybridized carbons (Fsp3) is 0.909. The van der Waals surface area contributed by atoms with Crippen LogP contribution in [-0.4, -0.2) is 37.7 Å². The van der Waals surface area contributed by atoms with E-state index in [-0.39, 0.29) is 17.4 Å². The summed E-state index contributed by atoms with van der Waals surface area (Å²) in [5.41, 5.74) is -0.322. The predicted octanol–water partition coefficient (Wildman–Crippen LogP) is 1.92. The molecule has 0 rings (SSSR count). The van der Waals surface area contributed by atoms with Crippen molar-refractivity contribution in [3.8, 4) is 0 Å². The van der Waals surface area contributed by atoms with Crippen LogP contribution in [0.15, 0.2) is 0 Å². The van der Waals surface area contributed by atoms with E-state index in [2.05, 4.69) is 11.6 Å². The van der Waals surface area contributed by atoms with Crippen LogP contribution in [0, 0.1) is 5.41 Å². The van der Waals surface area contributed by atoms with Crippen LogP contribution >= 0.6 is 11.8 Å². The number of hydrogen-bond acceptors (Lipinski definition) is 3. The van der Waals surface area contributed by atoms with Crippen LogP contribution in [-0.2, 0) is 9.53 Å². The molecule has 0 saturated carbocycles. The molecule has 1 atom stereocenters. The molecule has 0 saturated heterocycles. The Labute approximate surface area is 97.3 Å². The fourth-order valence-electron chi connectivity index (χ4n) is 1.02. The zero-order chi connectivity index (χ0) is 11.9. The second-order valence-electron chi connectivity index (χ2n) is 4.60. The van der Waals surface area contributed by atoms with Crippen LogP contribution in [0.5, 0.6) is 0 Å². The normalized spacial score (nSPS) is 13.7. The number of rotatable bonds is 6. The Morgan fingerprint density at radius 3 is 2.47 bits per heavy atom. The maximum atomic E-state index is 11.6. The highest BCUT2D eigenvalue weighted by Crippen LogP contribution is 2.12. The number of amides is 1. The molecule has 1 unspecified atom stereocenters. The monoisotopic (exact) mass is 233 g/mol. The zero-order valence-electron chi connectivity index (χ0n) is 10.4. The summed E-state index contributed by atoms with van der Waals surface area (Å²) in [6, 6.07) is 0. The summed E-state index contributed by atoms with van der Waals surface area (Å²) in [6.07, 6.45) is 3.17. The number of methoxy groups -OCH3 is 1. The number of thioether (sulfide) groups is 1. The van der Waals surface area contributed by atoms with E-state index in [0.29, 0.717) is 6.54 Å². The van der Waals surface area contributed by atoms with Crippen LogP contribution in [0.4, 0.5) is 0 Å². The molecule has 3 nitrogen and oxygen atoms in total. The molecule has 0 radical (unpaired) electrons. The maximum Gasteiger partial charge on any atom is 0.225 e. The minimum absolute atomic E-state index is 0.0775. The van der Waals surface area contributed by atoms with Gasteiger partial charge in [-0.1, -0.05) is 20.8 Å². The van der Waals surface area contributed by atoms with E-state index in [1.807, 2.05) is 20.8 Å². The third-order valence-corrected chi connectivity index (χ3v) is 2.79. The van der Waals surface area contributed by atoms with Crippen LogP contribution in [0.25, 0.3) is 0 Å². The number of carbonyl (C=O) groups is 1. The molecule has 0 heterocycles. The van der Waals surface area contributed by atoms with Crippen molar-refractivity contribution < 1.29 is 9.53 Å². The lowest BCUT2D eigenvalue weighted by atomic mass is 9.95. The average Bonchev–Trinajstić information content (AvgIpc) is 2.16. The Morgan fingerprint density at radius 1 is 1.47 bits per heavy atom. The van der Waals surface area contributed by atoms with Crippen LogP contribution in [0.1, 0.15) is 27.2 Å². The lowest BCUT2D eigenvalue weighted by Gasteiger charge is -2.21. The van der Waals surface area contributed by atoms with E-state index >= 15 is 0 Å². The molecule has 0 fully saturated rings. The largest absolute Gasteiger partial charge is 0.380 e. The zero-order valence-corrected chi connectivity index (χ0v) is 11.2. The highest BCUT2D eigenvalue weighted by atomic mass is 32.2. The van der Waals surface area contributed by atoms with Crippen LogP contribution < -0.4 is 5.32 Å². The molecule has 90 valence electrons. The number of hydrogen-bond donors (Lipinski definition) is 1. The number of carbonyl (C=O) groups excluding carboxylic acids is 1. The van der Waals surface area contributed by atoms with Gasteiger partial charge >= 0.3 is 0 Å². The Morgan fingerprint density at radius 2 is 2.07 bits per heavy atom. The molecule has 0 aliphatic rings. The summed E-state index contributed by atoms with van der Waals surface area (Å²) in [6.45, 7) is 6.33. The van der Waals surface area contributed by atoms with E-state index in [9.17, 15) is 4.79 Å². The van der Waals surface area contributed by atoms with Crippen molar-refractivity contribution in [2.75, 3.05) is 25.7 Å². The second kappa shape index (κ2) is 7.12. The smallest absolute Gasteiger partial charge is 0.225 e. The molecule has 0 bridgehead atoms. The van der Waals surface area contributed by atoms with Gasteiger partial charge < -0.3 is 10.1 Å². The van der Waals surface area contributed by atoms with Gasteiger partial charge in [0.1, 0.15) is 0 Å². The first-order chi connectivity index (χ1) is 6.91. The molecule has 1 N–H and O–H groups in total. The topological polar surface area (TPSA) is 38.3 Å². The molecule has 4 heteroatoms. The van der Waals surface area contributed by atoms with Gasteiger partial charge in [0.05, 0.1) is 6.10 Å². The molecule has 0 aliphatic heterocycles. The van der Waals surface area contributed by atoms with Crippen molar-refractivity contribution >= 4 is 17.7 Å². The summed E-state index contributed by atoms with van der Waals surface area (Å²) in [4.78, 5) is 11.6. The second-order valence-corrected chi connectivity index (χ2v) is 5.58. The summed E-state index contributed by atoms with van der Waals surface area (Å²) in [5.74, 6) is 1.14. The minimum atomic E-state index is -0.322. The number of ether oxygens (including phenoxy) is 1. The summed E-state index contributed by atoms with van der Waals surface area (Å²) in [7, 11) is 1.69. The van der Waals surface area contributed by atoms with Gasteiger partial charge in [0.15, 0.2) is 0 Å². The molecule has 15 heavy (non-hydrogen) atoms. The predicted molar refractivity (Wildman–Crippen MR) is 66.3 cm³/mol. The molecule has 0 aromatic rings. The Balaban J connectivity index is 3.85. The molecule has 0 aliphatic carbocycles. The minimum Gasteiger partial charge on any atom is -0.380 e. The average molecular weight is 233 g/mol. The first-order valence-corrected chi connectivity index (χ1v) is 6.61. The Hall–Kier alpha value is -0.220. The van der Waals surface area contributed by atoms with Crippen molar-refractivity contribution in [2.45, 2.75) is 33.3 Å². The van der Waals surface area contributed by atoms with Crippen molar-refractivity contribution in [3.05, 3.63) is 0 Å². The summed E-state index contributed by atoms with van der Waals surface area (Å²) >= 11 is 1.79. The Bertz CT molecular complexity index is 190. The Kier molecular flexibility index (Phi) is 7.02. The van der Waals surface area contributed by atoms with Gasteiger partial charge in [0.25, 0.3) is 0 Å². The van der Waals surface area contributed by atoms with Gasteiger partial charge in [0, 0.05) is 19.1 Å². The van der Waals surface area contributed by atoms with Gasteiger partial charge in [-0.05, 0) is 18.4 Å². The maximum absolute atomic E-state index is 11.6. The molecule has 0 spiro atoms. The van der Waals surface area contributed by atoms with E-state index in [0.717, 1.165) is 12.2 Å².